The van der Waals surface area contributed by atoms with Crippen LogP contribution in [0, 0.1) is 13.8 Å². The van der Waals surface area contributed by atoms with E-state index in [2.05, 4.69) is 11.5 Å². The zero-order chi connectivity index (χ0) is 24.9. The number of fused-ring (bicyclic) bond motifs is 1. The molecule has 2 fully saturated rings. The molecule has 2 aromatic rings. The van der Waals surface area contributed by atoms with Crippen LogP contribution in [0.1, 0.15) is 59.0 Å². The van der Waals surface area contributed by atoms with E-state index in [-0.39, 0.29) is 23.0 Å². The summed E-state index contributed by atoms with van der Waals surface area (Å²) in [5.41, 5.74) is 4.52. The van der Waals surface area contributed by atoms with Gasteiger partial charge in [-0.3, -0.25) is 14.5 Å². The van der Waals surface area contributed by atoms with Gasteiger partial charge in [0.1, 0.15) is 0 Å². The Hall–Kier alpha value is -2.49. The third-order valence-corrected chi connectivity index (χ3v) is 9.83. The lowest BCUT2D eigenvalue weighted by atomic mass is 10.1. The minimum atomic E-state index is -3.65. The standard InChI is InChI=1S/C26H34N4O4S/c1-18-14-23(19(2)30(18)21-6-4-5-7-21)25(31)17-28-10-12-29(13-11-28)35(33,34)22-8-9-24-20(15-22)16-26(32)27(24)3/h8-9,14-15,21H,4-7,10-13,16-17H2,1-3H3. The number of hydrogen-bond acceptors (Lipinski definition) is 5. The van der Waals surface area contributed by atoms with Crippen molar-refractivity contribution in [3.05, 3.63) is 46.8 Å². The first-order chi connectivity index (χ1) is 16.7. The van der Waals surface area contributed by atoms with Crippen molar-refractivity contribution in [1.82, 2.24) is 13.8 Å². The van der Waals surface area contributed by atoms with Crippen LogP contribution in [0.3, 0.4) is 0 Å². The molecule has 0 radical (unpaired) electrons. The summed E-state index contributed by atoms with van der Waals surface area (Å²) in [5.74, 6) is 0.0721. The summed E-state index contributed by atoms with van der Waals surface area (Å²) < 4.78 is 30.3. The second-order valence-corrected chi connectivity index (χ2v) is 12.1. The summed E-state index contributed by atoms with van der Waals surface area (Å²) in [6.45, 7) is 6.13. The van der Waals surface area contributed by atoms with Gasteiger partial charge in [-0.1, -0.05) is 12.8 Å². The van der Waals surface area contributed by atoms with Crippen LogP contribution in [-0.2, 0) is 21.2 Å². The summed E-state index contributed by atoms with van der Waals surface area (Å²) in [6, 6.07) is 7.45. The summed E-state index contributed by atoms with van der Waals surface area (Å²) in [6.07, 6.45) is 5.08. The molecule has 1 aromatic heterocycles. The first-order valence-corrected chi connectivity index (χ1v) is 13.9. The second-order valence-electron chi connectivity index (χ2n) is 10.1. The van der Waals surface area contributed by atoms with Gasteiger partial charge in [0.25, 0.3) is 0 Å². The molecule has 8 nitrogen and oxygen atoms in total. The Morgan fingerprint density at radius 1 is 1.03 bits per heavy atom. The average molecular weight is 499 g/mol. The molecule has 2 aliphatic heterocycles. The number of aryl methyl sites for hydroxylation is 1. The summed E-state index contributed by atoms with van der Waals surface area (Å²) >= 11 is 0. The fourth-order valence-electron chi connectivity index (χ4n) is 5.96. The van der Waals surface area contributed by atoms with Gasteiger partial charge in [0, 0.05) is 61.9 Å². The van der Waals surface area contributed by atoms with Crippen molar-refractivity contribution in [2.24, 2.45) is 0 Å². The van der Waals surface area contributed by atoms with Gasteiger partial charge in [-0.2, -0.15) is 4.31 Å². The number of hydrogen-bond donors (Lipinski definition) is 0. The van der Waals surface area contributed by atoms with E-state index in [0.717, 1.165) is 28.2 Å². The van der Waals surface area contributed by atoms with Gasteiger partial charge < -0.3 is 9.47 Å². The van der Waals surface area contributed by atoms with Crippen molar-refractivity contribution in [3.8, 4) is 0 Å². The monoisotopic (exact) mass is 498 g/mol. The number of ketones is 1. The van der Waals surface area contributed by atoms with Crippen LogP contribution >= 0.6 is 0 Å². The Bertz CT molecular complexity index is 1270. The van der Waals surface area contributed by atoms with Gasteiger partial charge in [0.2, 0.25) is 15.9 Å². The number of amides is 1. The smallest absolute Gasteiger partial charge is 0.243 e. The zero-order valence-electron chi connectivity index (χ0n) is 20.8. The Morgan fingerprint density at radius 3 is 2.40 bits per heavy atom. The molecule has 0 atom stereocenters. The lowest BCUT2D eigenvalue weighted by molar-refractivity contribution is -0.117. The van der Waals surface area contributed by atoms with E-state index >= 15 is 0 Å². The zero-order valence-corrected chi connectivity index (χ0v) is 21.6. The highest BCUT2D eigenvalue weighted by Gasteiger charge is 2.32. The number of aromatic nitrogens is 1. The maximum absolute atomic E-state index is 13.3. The predicted octanol–water partition coefficient (Wildman–Crippen LogP) is 2.93. The number of benzene rings is 1. The minimum Gasteiger partial charge on any atom is -0.345 e. The number of Topliss-reactive ketones (excluding diaryl/α,β-unsaturated/α-hetero) is 1. The molecule has 5 rings (SSSR count). The van der Waals surface area contributed by atoms with Gasteiger partial charge in [0.15, 0.2) is 5.78 Å². The highest BCUT2D eigenvalue weighted by molar-refractivity contribution is 7.89. The van der Waals surface area contributed by atoms with Crippen molar-refractivity contribution in [3.63, 3.8) is 0 Å². The van der Waals surface area contributed by atoms with Crippen LogP contribution in [0.2, 0.25) is 0 Å². The maximum Gasteiger partial charge on any atom is 0.243 e. The quantitative estimate of drug-likeness (QED) is 0.572. The topological polar surface area (TPSA) is 82.9 Å². The van der Waals surface area contributed by atoms with E-state index in [4.69, 9.17) is 0 Å². The van der Waals surface area contributed by atoms with Crippen LogP contribution in [0.25, 0.3) is 0 Å². The molecule has 0 spiro atoms. The Morgan fingerprint density at radius 2 is 1.71 bits per heavy atom. The van der Waals surface area contributed by atoms with Crippen molar-refractivity contribution in [1.29, 1.82) is 0 Å². The third-order valence-electron chi connectivity index (χ3n) is 7.94. The number of carbonyl (C=O) groups is 2. The third kappa shape index (κ3) is 4.34. The summed E-state index contributed by atoms with van der Waals surface area (Å²) in [4.78, 5) is 29.0. The molecular formula is C26H34N4O4S. The lowest BCUT2D eigenvalue weighted by Crippen LogP contribution is -2.49. The molecular weight excluding hydrogens is 464 g/mol. The number of anilines is 1. The normalized spacial score (nSPS) is 20.1. The highest BCUT2D eigenvalue weighted by Crippen LogP contribution is 2.34. The van der Waals surface area contributed by atoms with E-state index in [0.29, 0.717) is 38.8 Å². The van der Waals surface area contributed by atoms with Crippen LogP contribution in [0.5, 0.6) is 0 Å². The number of carbonyl (C=O) groups excluding carboxylic acids is 2. The molecule has 9 heteroatoms. The largest absolute Gasteiger partial charge is 0.345 e. The molecule has 3 heterocycles. The number of nitrogens with zero attached hydrogens (tertiary/aromatic N) is 4. The Balaban J connectivity index is 1.23. The fourth-order valence-corrected chi connectivity index (χ4v) is 7.43. The summed E-state index contributed by atoms with van der Waals surface area (Å²) in [5, 5.41) is 0. The molecule has 1 aromatic carbocycles. The van der Waals surface area contributed by atoms with E-state index in [9.17, 15) is 18.0 Å². The van der Waals surface area contributed by atoms with E-state index in [1.165, 1.54) is 30.0 Å². The first-order valence-electron chi connectivity index (χ1n) is 12.5. The van der Waals surface area contributed by atoms with Gasteiger partial charge in [-0.25, -0.2) is 8.42 Å². The van der Waals surface area contributed by atoms with E-state index in [1.54, 1.807) is 30.1 Å². The first kappa shape index (κ1) is 24.2. The molecule has 0 N–H and O–H groups in total. The number of likely N-dealkylation sites (N-methyl/N-ethyl adjacent to an activating group) is 1. The molecule has 35 heavy (non-hydrogen) atoms. The average Bonchev–Trinajstić information content (AvgIpc) is 3.52. The molecule has 1 saturated heterocycles. The Labute approximate surface area is 207 Å². The van der Waals surface area contributed by atoms with E-state index < -0.39 is 10.0 Å². The van der Waals surface area contributed by atoms with Crippen LogP contribution < -0.4 is 4.90 Å². The Kier molecular flexibility index (Phi) is 6.35. The second kappa shape index (κ2) is 9.19. The van der Waals surface area contributed by atoms with Crippen molar-refractivity contribution in [2.75, 3.05) is 44.7 Å². The van der Waals surface area contributed by atoms with Crippen molar-refractivity contribution < 1.29 is 18.0 Å². The van der Waals surface area contributed by atoms with E-state index in [1.807, 2.05) is 17.9 Å². The molecule has 1 amide bonds. The minimum absolute atomic E-state index is 0.0307. The maximum atomic E-state index is 13.3. The molecule has 1 aliphatic carbocycles. The number of sulfonamides is 1. The van der Waals surface area contributed by atoms with Gasteiger partial charge in [0.05, 0.1) is 17.9 Å². The van der Waals surface area contributed by atoms with Crippen molar-refractivity contribution in [2.45, 2.75) is 56.9 Å². The fraction of sp³-hybridized carbons (Fsp3) is 0.538. The van der Waals surface area contributed by atoms with Crippen molar-refractivity contribution >= 4 is 27.4 Å². The lowest BCUT2D eigenvalue weighted by Gasteiger charge is -2.33. The van der Waals surface area contributed by atoms with Crippen LogP contribution in [0.4, 0.5) is 5.69 Å². The molecule has 188 valence electrons. The van der Waals surface area contributed by atoms with Gasteiger partial charge >= 0.3 is 0 Å². The number of piperazine rings is 1. The molecule has 1 saturated carbocycles. The molecule has 3 aliphatic rings. The van der Waals surface area contributed by atoms with Crippen LogP contribution in [-0.4, -0.2) is 73.7 Å². The summed E-state index contributed by atoms with van der Waals surface area (Å²) in [7, 11) is -1.95. The SMILES string of the molecule is Cc1cc(C(=O)CN2CCN(S(=O)(=O)c3ccc4c(c3)CC(=O)N4C)CC2)c(C)n1C1CCCC1. The van der Waals surface area contributed by atoms with Gasteiger partial charge in [-0.05, 0) is 56.5 Å². The number of rotatable bonds is 6. The predicted molar refractivity (Wildman–Crippen MR) is 134 cm³/mol. The van der Waals surface area contributed by atoms with Crippen LogP contribution in [0.15, 0.2) is 29.2 Å². The molecule has 0 unspecified atom stereocenters. The molecule has 0 bridgehead atoms. The van der Waals surface area contributed by atoms with Gasteiger partial charge in [-0.15, -0.1) is 0 Å². The highest BCUT2D eigenvalue weighted by atomic mass is 32.2.